The molecule has 0 fully saturated rings. The van der Waals surface area contributed by atoms with E-state index in [-0.39, 0.29) is 12.1 Å². The maximum Gasteiger partial charge on any atom is 0.0558 e. The van der Waals surface area contributed by atoms with E-state index < -0.39 is 0 Å². The van der Waals surface area contributed by atoms with Crippen LogP contribution in [-0.2, 0) is 0 Å². The van der Waals surface area contributed by atoms with Gasteiger partial charge in [0.05, 0.1) is 6.61 Å². The zero-order valence-corrected chi connectivity index (χ0v) is 8.08. The molecule has 0 aromatic rings. The van der Waals surface area contributed by atoms with Crippen molar-refractivity contribution in [3.05, 3.63) is 12.7 Å². The predicted molar refractivity (Wildman–Crippen MR) is 52.0 cm³/mol. The Morgan fingerprint density at radius 3 is 2.50 bits per heavy atom. The van der Waals surface area contributed by atoms with Crippen LogP contribution in [0.5, 0.6) is 0 Å². The largest absolute Gasteiger partial charge is 0.395 e. The van der Waals surface area contributed by atoms with Crippen LogP contribution >= 0.6 is 0 Å². The molecule has 0 atom stereocenters. The van der Waals surface area contributed by atoms with Gasteiger partial charge in [-0.1, -0.05) is 6.08 Å². The molecule has 0 unspecified atom stereocenters. The number of hydrogen-bond donors (Lipinski definition) is 2. The van der Waals surface area contributed by atoms with Gasteiger partial charge in [0.2, 0.25) is 0 Å². The molecule has 0 amide bonds. The van der Waals surface area contributed by atoms with Crippen molar-refractivity contribution in [1.82, 2.24) is 4.90 Å². The smallest absolute Gasteiger partial charge is 0.0558 e. The average molecular weight is 172 g/mol. The number of nitrogens with zero attached hydrogens (tertiary/aromatic N) is 1. The maximum absolute atomic E-state index is 8.74. The van der Waals surface area contributed by atoms with E-state index in [4.69, 9.17) is 10.8 Å². The van der Waals surface area contributed by atoms with E-state index in [0.717, 1.165) is 13.1 Å². The molecule has 3 N–H and O–H groups in total. The second-order valence-electron chi connectivity index (χ2n) is 3.74. The summed E-state index contributed by atoms with van der Waals surface area (Å²) in [6, 6.07) is 0. The van der Waals surface area contributed by atoms with E-state index in [1.165, 1.54) is 0 Å². The summed E-state index contributed by atoms with van der Waals surface area (Å²) >= 11 is 0. The Balaban J connectivity index is 3.85. The highest BCUT2D eigenvalue weighted by molar-refractivity contribution is 4.81. The third-order valence-electron chi connectivity index (χ3n) is 1.43. The van der Waals surface area contributed by atoms with Crippen LogP contribution in [0.3, 0.4) is 0 Å². The van der Waals surface area contributed by atoms with E-state index in [2.05, 4.69) is 11.5 Å². The van der Waals surface area contributed by atoms with E-state index in [9.17, 15) is 0 Å². The van der Waals surface area contributed by atoms with Gasteiger partial charge in [-0.05, 0) is 13.8 Å². The van der Waals surface area contributed by atoms with Crippen LogP contribution in [-0.4, -0.2) is 41.8 Å². The number of hydrogen-bond acceptors (Lipinski definition) is 3. The number of aliphatic hydroxyl groups is 1. The summed E-state index contributed by atoms with van der Waals surface area (Å²) in [5.74, 6) is 0. The van der Waals surface area contributed by atoms with Crippen LogP contribution in [0.15, 0.2) is 12.7 Å². The molecule has 0 rings (SSSR count). The van der Waals surface area contributed by atoms with Crippen molar-refractivity contribution in [1.29, 1.82) is 0 Å². The Morgan fingerprint density at radius 1 is 1.58 bits per heavy atom. The van der Waals surface area contributed by atoms with Gasteiger partial charge in [0.25, 0.3) is 0 Å². The van der Waals surface area contributed by atoms with E-state index in [0.29, 0.717) is 6.54 Å². The third-order valence-corrected chi connectivity index (χ3v) is 1.43. The highest BCUT2D eigenvalue weighted by atomic mass is 16.3. The van der Waals surface area contributed by atoms with Gasteiger partial charge in [-0.2, -0.15) is 0 Å². The molecular formula is C9H20N2O. The molecule has 0 aliphatic carbocycles. The van der Waals surface area contributed by atoms with E-state index >= 15 is 0 Å². The van der Waals surface area contributed by atoms with E-state index in [1.54, 1.807) is 0 Å². The van der Waals surface area contributed by atoms with Crippen molar-refractivity contribution in [3.8, 4) is 0 Å². The van der Waals surface area contributed by atoms with Gasteiger partial charge in [-0.3, -0.25) is 4.90 Å². The molecule has 72 valence electrons. The molecule has 0 bridgehead atoms. The zero-order valence-electron chi connectivity index (χ0n) is 8.08. The van der Waals surface area contributed by atoms with Crippen molar-refractivity contribution < 1.29 is 5.11 Å². The molecular weight excluding hydrogens is 152 g/mol. The Hall–Kier alpha value is -0.380. The van der Waals surface area contributed by atoms with Gasteiger partial charge in [0.1, 0.15) is 0 Å². The fraction of sp³-hybridized carbons (Fsp3) is 0.778. The van der Waals surface area contributed by atoms with Gasteiger partial charge >= 0.3 is 0 Å². The quantitative estimate of drug-likeness (QED) is 0.563. The Kier molecular flexibility index (Phi) is 5.13. The van der Waals surface area contributed by atoms with Gasteiger partial charge in [0.15, 0.2) is 0 Å². The van der Waals surface area contributed by atoms with Crippen molar-refractivity contribution >= 4 is 0 Å². The van der Waals surface area contributed by atoms with Gasteiger partial charge in [0, 0.05) is 25.2 Å². The van der Waals surface area contributed by atoms with Crippen molar-refractivity contribution in [3.63, 3.8) is 0 Å². The molecule has 0 saturated heterocycles. The lowest BCUT2D eigenvalue weighted by atomic mass is 10.1. The number of aliphatic hydroxyl groups excluding tert-OH is 1. The maximum atomic E-state index is 8.74. The molecule has 0 radical (unpaired) electrons. The van der Waals surface area contributed by atoms with Crippen LogP contribution in [0.2, 0.25) is 0 Å². The predicted octanol–water partition coefficient (Wildman–Crippen LogP) is 0.204. The minimum Gasteiger partial charge on any atom is -0.395 e. The van der Waals surface area contributed by atoms with Crippen LogP contribution < -0.4 is 5.73 Å². The molecule has 0 aromatic heterocycles. The summed E-state index contributed by atoms with van der Waals surface area (Å²) < 4.78 is 0. The zero-order chi connectivity index (χ0) is 9.61. The Bertz CT molecular complexity index is 129. The van der Waals surface area contributed by atoms with Crippen molar-refractivity contribution in [2.24, 2.45) is 5.73 Å². The first-order valence-electron chi connectivity index (χ1n) is 4.22. The summed E-state index contributed by atoms with van der Waals surface area (Å²) in [5.41, 5.74) is 5.63. The van der Waals surface area contributed by atoms with E-state index in [1.807, 2.05) is 19.9 Å². The molecule has 12 heavy (non-hydrogen) atoms. The minimum absolute atomic E-state index is 0.171. The normalized spacial score (nSPS) is 12.1. The monoisotopic (exact) mass is 172 g/mol. The summed E-state index contributed by atoms with van der Waals surface area (Å²) in [6.07, 6.45) is 1.82. The Labute approximate surface area is 74.9 Å². The molecule has 0 saturated carbocycles. The minimum atomic E-state index is -0.210. The lowest BCUT2D eigenvalue weighted by molar-refractivity contribution is 0.185. The van der Waals surface area contributed by atoms with Gasteiger partial charge in [-0.15, -0.1) is 6.58 Å². The molecule has 0 heterocycles. The standard InChI is InChI=1S/C9H20N2O/c1-4-5-11(6-7-12)8-9(2,3)10/h4,12H,1,5-8,10H2,2-3H3. The number of rotatable bonds is 6. The molecule has 3 nitrogen and oxygen atoms in total. The SMILES string of the molecule is C=CCN(CCO)CC(C)(C)N. The summed E-state index contributed by atoms with van der Waals surface area (Å²) in [7, 11) is 0. The molecule has 0 aromatic carbocycles. The molecule has 0 aliphatic heterocycles. The van der Waals surface area contributed by atoms with Crippen molar-refractivity contribution in [2.45, 2.75) is 19.4 Å². The highest BCUT2D eigenvalue weighted by Crippen LogP contribution is 2.00. The summed E-state index contributed by atoms with van der Waals surface area (Å²) in [6.45, 7) is 9.98. The summed E-state index contributed by atoms with van der Waals surface area (Å²) in [4.78, 5) is 2.08. The van der Waals surface area contributed by atoms with Crippen LogP contribution in [0.25, 0.3) is 0 Å². The fourth-order valence-corrected chi connectivity index (χ4v) is 1.14. The third kappa shape index (κ3) is 6.34. The van der Waals surface area contributed by atoms with Gasteiger partial charge < -0.3 is 10.8 Å². The first kappa shape index (κ1) is 11.6. The average Bonchev–Trinajstić information content (AvgIpc) is 1.84. The summed E-state index contributed by atoms with van der Waals surface area (Å²) in [5, 5.41) is 8.74. The first-order valence-corrected chi connectivity index (χ1v) is 4.22. The van der Waals surface area contributed by atoms with Gasteiger partial charge in [-0.25, -0.2) is 0 Å². The molecule has 0 aliphatic rings. The topological polar surface area (TPSA) is 49.5 Å². The molecule has 0 spiro atoms. The first-order chi connectivity index (χ1) is 5.49. The lowest BCUT2D eigenvalue weighted by Crippen LogP contribution is -2.46. The second-order valence-corrected chi connectivity index (χ2v) is 3.74. The van der Waals surface area contributed by atoms with Crippen molar-refractivity contribution in [2.75, 3.05) is 26.2 Å². The van der Waals surface area contributed by atoms with Crippen LogP contribution in [0.4, 0.5) is 0 Å². The number of nitrogens with two attached hydrogens (primary N) is 1. The fourth-order valence-electron chi connectivity index (χ4n) is 1.14. The van der Waals surface area contributed by atoms with Crippen LogP contribution in [0, 0.1) is 0 Å². The van der Waals surface area contributed by atoms with Crippen LogP contribution in [0.1, 0.15) is 13.8 Å². The highest BCUT2D eigenvalue weighted by Gasteiger charge is 2.14. The molecule has 3 heteroatoms. The Morgan fingerprint density at radius 2 is 2.17 bits per heavy atom. The lowest BCUT2D eigenvalue weighted by Gasteiger charge is -2.28. The second kappa shape index (κ2) is 5.30.